The summed E-state index contributed by atoms with van der Waals surface area (Å²) in [6.07, 6.45) is 1.77. The van der Waals surface area contributed by atoms with Crippen LogP contribution in [0.1, 0.15) is 11.4 Å². The van der Waals surface area contributed by atoms with Gasteiger partial charge >= 0.3 is 5.97 Å². The van der Waals surface area contributed by atoms with Gasteiger partial charge < -0.3 is 5.11 Å². The van der Waals surface area contributed by atoms with Crippen molar-refractivity contribution in [3.8, 4) is 0 Å². The van der Waals surface area contributed by atoms with E-state index in [0.29, 0.717) is 5.57 Å². The maximum Gasteiger partial charge on any atom is 0.353 e. The minimum absolute atomic E-state index is 0.0610. The van der Waals surface area contributed by atoms with Gasteiger partial charge in [-0.2, -0.15) is 5.10 Å². The van der Waals surface area contributed by atoms with E-state index in [4.69, 9.17) is 5.11 Å². The van der Waals surface area contributed by atoms with Crippen molar-refractivity contribution in [1.29, 1.82) is 0 Å². The summed E-state index contributed by atoms with van der Waals surface area (Å²) in [5.41, 5.74) is 2.61. The van der Waals surface area contributed by atoms with E-state index in [1.54, 1.807) is 17.8 Å². The van der Waals surface area contributed by atoms with Gasteiger partial charge in [-0.15, -0.1) is 23.5 Å². The second kappa shape index (κ2) is 4.16. The molecule has 0 saturated carbocycles. The van der Waals surface area contributed by atoms with E-state index in [0.717, 1.165) is 23.0 Å². The number of aromatic nitrogens is 2. The van der Waals surface area contributed by atoms with Gasteiger partial charge in [0.25, 0.3) is 5.91 Å². The number of aliphatic carboxylic acids is 1. The van der Waals surface area contributed by atoms with Gasteiger partial charge in [-0.1, -0.05) is 0 Å². The first-order valence-corrected chi connectivity index (χ1v) is 8.03. The lowest BCUT2D eigenvalue weighted by Gasteiger charge is -2.36. The highest BCUT2D eigenvalue weighted by Crippen LogP contribution is 2.45. The van der Waals surface area contributed by atoms with Crippen molar-refractivity contribution in [1.82, 2.24) is 14.7 Å². The second-order valence-corrected chi connectivity index (χ2v) is 6.52. The van der Waals surface area contributed by atoms with Crippen LogP contribution in [0.4, 0.5) is 0 Å². The van der Waals surface area contributed by atoms with Crippen molar-refractivity contribution in [2.75, 3.05) is 0 Å². The third-order valence-electron chi connectivity index (χ3n) is 3.40. The summed E-state index contributed by atoms with van der Waals surface area (Å²) >= 11 is 3.15. The number of rotatable bonds is 2. The molecular weight excluding hydrogens is 298 g/mol. The van der Waals surface area contributed by atoms with Gasteiger partial charge in [-0.3, -0.25) is 14.4 Å². The molecular formula is C12H9N3O3S2. The Bertz CT molecular complexity index is 685. The van der Waals surface area contributed by atoms with E-state index >= 15 is 0 Å². The largest absolute Gasteiger partial charge is 0.477 e. The van der Waals surface area contributed by atoms with Crippen molar-refractivity contribution in [2.45, 2.75) is 17.0 Å². The van der Waals surface area contributed by atoms with Crippen LogP contribution in [0, 0.1) is 0 Å². The molecule has 1 fully saturated rings. The van der Waals surface area contributed by atoms with E-state index in [2.05, 4.69) is 5.10 Å². The number of hydrogen-bond donors (Lipinski definition) is 1. The highest BCUT2D eigenvalue weighted by Gasteiger charge is 2.49. The van der Waals surface area contributed by atoms with Crippen molar-refractivity contribution >= 4 is 41.5 Å². The molecule has 6 nitrogen and oxygen atoms in total. The molecule has 4 heterocycles. The maximum atomic E-state index is 12.0. The number of carbonyl (C=O) groups is 2. The number of β-lactam (4-membered cyclic amide) rings is 1. The topological polar surface area (TPSA) is 75.4 Å². The summed E-state index contributed by atoms with van der Waals surface area (Å²) in [5.74, 6) is 0.488. The molecule has 1 N–H and O–H groups in total. The van der Waals surface area contributed by atoms with Crippen molar-refractivity contribution < 1.29 is 14.7 Å². The molecule has 0 aromatic carbocycles. The molecule has 1 amide bonds. The van der Waals surface area contributed by atoms with Gasteiger partial charge in [-0.05, 0) is 12.1 Å². The van der Waals surface area contributed by atoms with Crippen LogP contribution in [0.25, 0.3) is 6.08 Å². The van der Waals surface area contributed by atoms with Gasteiger partial charge in [0.1, 0.15) is 11.1 Å². The lowest BCUT2D eigenvalue weighted by molar-refractivity contribution is -0.141. The molecule has 1 unspecified atom stereocenters. The van der Waals surface area contributed by atoms with Gasteiger partial charge in [0.05, 0.1) is 17.1 Å². The summed E-state index contributed by atoms with van der Waals surface area (Å²) in [6.45, 7) is 0. The Morgan fingerprint density at radius 1 is 1.55 bits per heavy atom. The van der Waals surface area contributed by atoms with Gasteiger partial charge in [-0.25, -0.2) is 4.79 Å². The quantitative estimate of drug-likeness (QED) is 0.656. The molecule has 1 atom stereocenters. The van der Waals surface area contributed by atoms with Crippen LogP contribution < -0.4 is 0 Å². The van der Waals surface area contributed by atoms with Crippen molar-refractivity contribution in [3.63, 3.8) is 0 Å². The fraction of sp³-hybridized carbons (Fsp3) is 0.250. The number of carboxylic acid groups (broad SMARTS) is 1. The fourth-order valence-electron chi connectivity index (χ4n) is 2.44. The van der Waals surface area contributed by atoms with E-state index in [1.807, 2.05) is 10.7 Å². The lowest BCUT2D eigenvalue weighted by atomic mass is 10.0. The molecule has 20 heavy (non-hydrogen) atoms. The molecule has 1 saturated heterocycles. The van der Waals surface area contributed by atoms with Crippen LogP contribution in [0.15, 0.2) is 22.7 Å². The Morgan fingerprint density at radius 3 is 3.15 bits per heavy atom. The van der Waals surface area contributed by atoms with Crippen LogP contribution in [0.2, 0.25) is 0 Å². The van der Waals surface area contributed by atoms with Crippen molar-refractivity contribution in [2.24, 2.45) is 0 Å². The average molecular weight is 307 g/mol. The lowest BCUT2D eigenvalue weighted by Crippen LogP contribution is -2.51. The fourth-order valence-corrected chi connectivity index (χ4v) is 4.49. The van der Waals surface area contributed by atoms with Crippen LogP contribution in [-0.2, 0) is 21.2 Å². The SMILES string of the molecule is O=C(O)C1=CSC2/C(=C\c3cc4n(n3)CSC4)C(=O)N12. The van der Waals surface area contributed by atoms with Gasteiger partial charge in [0, 0.05) is 16.9 Å². The number of carbonyl (C=O) groups excluding carboxylic acids is 1. The molecule has 0 bridgehead atoms. The van der Waals surface area contributed by atoms with E-state index in [9.17, 15) is 9.59 Å². The molecule has 1 aromatic heterocycles. The van der Waals surface area contributed by atoms with Crippen LogP contribution in [-0.4, -0.2) is 37.0 Å². The first kappa shape index (κ1) is 12.1. The zero-order valence-corrected chi connectivity index (χ0v) is 11.8. The predicted octanol–water partition coefficient (Wildman–Crippen LogP) is 1.31. The number of fused-ring (bicyclic) bond motifs is 2. The van der Waals surface area contributed by atoms with E-state index in [1.165, 1.54) is 22.1 Å². The van der Waals surface area contributed by atoms with Gasteiger partial charge in [0.2, 0.25) is 0 Å². The minimum Gasteiger partial charge on any atom is -0.477 e. The smallest absolute Gasteiger partial charge is 0.353 e. The Kier molecular flexibility index (Phi) is 2.52. The molecule has 3 aliphatic heterocycles. The summed E-state index contributed by atoms with van der Waals surface area (Å²) in [7, 11) is 0. The summed E-state index contributed by atoms with van der Waals surface area (Å²) in [4.78, 5) is 24.3. The first-order chi connectivity index (χ1) is 9.65. The number of nitrogens with zero attached hydrogens (tertiary/aromatic N) is 3. The Morgan fingerprint density at radius 2 is 2.40 bits per heavy atom. The van der Waals surface area contributed by atoms with E-state index < -0.39 is 5.97 Å². The molecule has 0 radical (unpaired) electrons. The Labute approximate surface area is 122 Å². The normalized spacial score (nSPS) is 25.5. The average Bonchev–Trinajstić information content (AvgIpc) is 3.07. The molecule has 1 aromatic rings. The maximum absolute atomic E-state index is 12.0. The number of carboxylic acids is 1. The molecule has 102 valence electrons. The third-order valence-corrected chi connectivity index (χ3v) is 5.41. The first-order valence-electron chi connectivity index (χ1n) is 5.94. The Hall–Kier alpha value is -1.67. The van der Waals surface area contributed by atoms with Crippen LogP contribution >= 0.6 is 23.5 Å². The van der Waals surface area contributed by atoms with Crippen LogP contribution in [0.5, 0.6) is 0 Å². The summed E-state index contributed by atoms with van der Waals surface area (Å²) < 4.78 is 1.93. The van der Waals surface area contributed by atoms with Gasteiger partial charge in [0.15, 0.2) is 0 Å². The monoisotopic (exact) mass is 307 g/mol. The minimum atomic E-state index is -1.06. The number of hydrogen-bond acceptors (Lipinski definition) is 5. The molecule has 8 heteroatoms. The highest BCUT2D eigenvalue weighted by molar-refractivity contribution is 8.03. The Balaban J connectivity index is 1.61. The van der Waals surface area contributed by atoms with Crippen LogP contribution in [0.3, 0.4) is 0 Å². The molecule has 3 aliphatic rings. The molecule has 4 rings (SSSR count). The predicted molar refractivity (Wildman–Crippen MR) is 75.4 cm³/mol. The molecule has 0 aliphatic carbocycles. The van der Waals surface area contributed by atoms with E-state index in [-0.39, 0.29) is 17.0 Å². The second-order valence-electron chi connectivity index (χ2n) is 4.61. The number of amides is 1. The van der Waals surface area contributed by atoms with Crippen molar-refractivity contribution in [3.05, 3.63) is 34.1 Å². The number of thioether (sulfide) groups is 2. The standard InChI is InChI=1S/C12H9N3O3S2/c16-10-8(11-15(10)9(4-20-11)12(17)18)2-6-1-7-3-19-5-14(7)13-6/h1-2,4,11H,3,5H2,(H,17,18)/b8-2-. The zero-order chi connectivity index (χ0) is 13.9. The zero-order valence-electron chi connectivity index (χ0n) is 10.1. The summed E-state index contributed by atoms with van der Waals surface area (Å²) in [5, 5.41) is 14.7. The highest BCUT2D eigenvalue weighted by atomic mass is 32.2. The molecule has 0 spiro atoms. The summed E-state index contributed by atoms with van der Waals surface area (Å²) in [6, 6.07) is 1.98. The third kappa shape index (κ3) is 1.58.